The quantitative estimate of drug-likeness (QED) is 0.863. The number of rotatable bonds is 3. The van der Waals surface area contributed by atoms with Crippen LogP contribution in [0.15, 0.2) is 36.7 Å². The molecule has 6 nitrogen and oxygen atoms in total. The molecule has 0 unspecified atom stereocenters. The van der Waals surface area contributed by atoms with E-state index in [9.17, 15) is 4.79 Å². The lowest BCUT2D eigenvalue weighted by Crippen LogP contribution is -2.49. The van der Waals surface area contributed by atoms with Crippen molar-refractivity contribution in [2.24, 2.45) is 0 Å². The Morgan fingerprint density at radius 2 is 2.00 bits per heavy atom. The molecule has 0 radical (unpaired) electrons. The van der Waals surface area contributed by atoms with Gasteiger partial charge in [-0.25, -0.2) is 4.98 Å². The Hall–Kier alpha value is -2.94. The van der Waals surface area contributed by atoms with Crippen molar-refractivity contribution in [2.45, 2.75) is 13.3 Å². The van der Waals surface area contributed by atoms with Crippen LogP contribution < -0.4 is 4.90 Å². The van der Waals surface area contributed by atoms with Crippen molar-refractivity contribution in [1.82, 2.24) is 14.9 Å². The maximum absolute atomic E-state index is 12.7. The minimum Gasteiger partial charge on any atom is -0.353 e. The molecule has 0 saturated carbocycles. The molecule has 3 rings (SSSR count). The number of aromatic nitrogens is 2. The summed E-state index contributed by atoms with van der Waals surface area (Å²) in [6.07, 6.45) is 4.10. The highest BCUT2D eigenvalue weighted by Gasteiger charge is 2.24. The summed E-state index contributed by atoms with van der Waals surface area (Å²) in [4.78, 5) is 25.2. The third-order valence-corrected chi connectivity index (χ3v) is 4.24. The molecule has 0 aromatic carbocycles. The Morgan fingerprint density at radius 3 is 2.71 bits per heavy atom. The Labute approximate surface area is 141 Å². The summed E-state index contributed by atoms with van der Waals surface area (Å²) < 4.78 is 0. The van der Waals surface area contributed by atoms with E-state index in [0.29, 0.717) is 37.4 Å². The number of nitriles is 1. The van der Waals surface area contributed by atoms with Crippen LogP contribution in [-0.2, 0) is 6.42 Å². The first-order chi connectivity index (χ1) is 11.7. The summed E-state index contributed by atoms with van der Waals surface area (Å²) in [5.74, 6) is 0.777. The van der Waals surface area contributed by atoms with Crippen molar-refractivity contribution in [3.05, 3.63) is 53.5 Å². The molecule has 1 fully saturated rings. The van der Waals surface area contributed by atoms with Gasteiger partial charge in [0.1, 0.15) is 11.5 Å². The number of anilines is 1. The minimum atomic E-state index is -0.00849. The first-order valence-corrected chi connectivity index (χ1v) is 8.07. The molecule has 2 aromatic heterocycles. The third kappa shape index (κ3) is 3.20. The van der Waals surface area contributed by atoms with E-state index in [1.54, 1.807) is 24.5 Å². The van der Waals surface area contributed by atoms with Gasteiger partial charge in [-0.05, 0) is 30.2 Å². The highest BCUT2D eigenvalue weighted by Crippen LogP contribution is 2.17. The molecule has 24 heavy (non-hydrogen) atoms. The molecular weight excluding hydrogens is 302 g/mol. The first kappa shape index (κ1) is 15.9. The number of hydrogen-bond donors (Lipinski definition) is 0. The second kappa shape index (κ2) is 7.09. The fourth-order valence-electron chi connectivity index (χ4n) is 2.87. The van der Waals surface area contributed by atoms with Crippen LogP contribution >= 0.6 is 0 Å². The molecule has 1 aliphatic heterocycles. The summed E-state index contributed by atoms with van der Waals surface area (Å²) in [7, 11) is 0. The van der Waals surface area contributed by atoms with E-state index in [0.717, 1.165) is 17.8 Å². The number of piperazine rings is 1. The van der Waals surface area contributed by atoms with Gasteiger partial charge in [-0.3, -0.25) is 9.78 Å². The van der Waals surface area contributed by atoms with Crippen molar-refractivity contribution in [2.75, 3.05) is 31.1 Å². The molecule has 1 amide bonds. The van der Waals surface area contributed by atoms with Crippen LogP contribution in [0.25, 0.3) is 0 Å². The fourth-order valence-corrected chi connectivity index (χ4v) is 2.87. The Balaban J connectivity index is 1.68. The van der Waals surface area contributed by atoms with Gasteiger partial charge < -0.3 is 9.80 Å². The van der Waals surface area contributed by atoms with Crippen LogP contribution in [0.5, 0.6) is 0 Å². The van der Waals surface area contributed by atoms with Gasteiger partial charge in [-0.2, -0.15) is 5.26 Å². The van der Waals surface area contributed by atoms with Gasteiger partial charge in [0.15, 0.2) is 0 Å². The van der Waals surface area contributed by atoms with Crippen molar-refractivity contribution < 1.29 is 4.79 Å². The molecule has 0 aliphatic carbocycles. The van der Waals surface area contributed by atoms with Crippen LogP contribution in [-0.4, -0.2) is 47.0 Å². The normalized spacial score (nSPS) is 14.3. The molecule has 6 heteroatoms. The Bertz CT molecular complexity index is 775. The van der Waals surface area contributed by atoms with Gasteiger partial charge >= 0.3 is 0 Å². The Morgan fingerprint density at radius 1 is 1.21 bits per heavy atom. The predicted octanol–water partition coefficient (Wildman–Crippen LogP) is 1.87. The monoisotopic (exact) mass is 321 g/mol. The lowest BCUT2D eigenvalue weighted by Gasteiger charge is -2.35. The minimum absolute atomic E-state index is 0.00849. The van der Waals surface area contributed by atoms with E-state index in [1.165, 1.54) is 0 Å². The molecule has 0 spiro atoms. The summed E-state index contributed by atoms with van der Waals surface area (Å²) in [6.45, 7) is 4.66. The summed E-state index contributed by atoms with van der Waals surface area (Å²) >= 11 is 0. The third-order valence-electron chi connectivity index (χ3n) is 4.24. The molecule has 122 valence electrons. The van der Waals surface area contributed by atoms with Gasteiger partial charge in [0.25, 0.3) is 5.91 Å². The van der Waals surface area contributed by atoms with Gasteiger partial charge in [0.2, 0.25) is 0 Å². The van der Waals surface area contributed by atoms with Crippen LogP contribution in [0.2, 0.25) is 0 Å². The fraction of sp³-hybridized carbons (Fsp3) is 0.333. The van der Waals surface area contributed by atoms with Gasteiger partial charge in [-0.1, -0.05) is 13.0 Å². The highest BCUT2D eigenvalue weighted by molar-refractivity contribution is 5.93. The van der Waals surface area contributed by atoms with E-state index in [4.69, 9.17) is 5.26 Å². The molecule has 0 atom stereocenters. The molecule has 1 saturated heterocycles. The maximum atomic E-state index is 12.7. The van der Waals surface area contributed by atoms with Crippen LogP contribution in [0.1, 0.15) is 28.5 Å². The average Bonchev–Trinajstić information content (AvgIpc) is 2.67. The van der Waals surface area contributed by atoms with Crippen LogP contribution in [0.3, 0.4) is 0 Å². The van der Waals surface area contributed by atoms with E-state index in [-0.39, 0.29) is 5.91 Å². The summed E-state index contributed by atoms with van der Waals surface area (Å²) in [6, 6.07) is 9.42. The van der Waals surface area contributed by atoms with E-state index in [1.807, 2.05) is 24.0 Å². The molecule has 2 aromatic rings. The topological polar surface area (TPSA) is 73.1 Å². The van der Waals surface area contributed by atoms with Crippen molar-refractivity contribution in [3.63, 3.8) is 0 Å². The lowest BCUT2D eigenvalue weighted by molar-refractivity contribution is 0.0739. The van der Waals surface area contributed by atoms with E-state index >= 15 is 0 Å². The van der Waals surface area contributed by atoms with Gasteiger partial charge in [0.05, 0.1) is 11.6 Å². The zero-order chi connectivity index (χ0) is 16.9. The molecule has 3 heterocycles. The second-order valence-corrected chi connectivity index (χ2v) is 5.66. The van der Waals surface area contributed by atoms with Crippen LogP contribution in [0, 0.1) is 11.3 Å². The smallest absolute Gasteiger partial charge is 0.272 e. The van der Waals surface area contributed by atoms with Gasteiger partial charge in [0, 0.05) is 38.6 Å². The molecule has 0 bridgehead atoms. The standard InChI is InChI=1S/C18H19N5O/c1-2-15-4-3-6-21-17(15)18(24)23-10-8-22(9-11-23)16-12-14(13-19)5-7-20-16/h3-7,12H,2,8-11H2,1H3. The predicted molar refractivity (Wildman–Crippen MR) is 90.7 cm³/mol. The number of pyridine rings is 2. The Kier molecular flexibility index (Phi) is 4.71. The van der Waals surface area contributed by atoms with Crippen molar-refractivity contribution >= 4 is 11.7 Å². The van der Waals surface area contributed by atoms with E-state index < -0.39 is 0 Å². The van der Waals surface area contributed by atoms with E-state index in [2.05, 4.69) is 20.9 Å². The molecule has 0 N–H and O–H groups in total. The van der Waals surface area contributed by atoms with Gasteiger partial charge in [-0.15, -0.1) is 0 Å². The number of carbonyl (C=O) groups excluding carboxylic acids is 1. The summed E-state index contributed by atoms with van der Waals surface area (Å²) in [5, 5.41) is 8.99. The number of aryl methyl sites for hydroxylation is 1. The first-order valence-electron chi connectivity index (χ1n) is 8.07. The zero-order valence-electron chi connectivity index (χ0n) is 13.6. The molecular formula is C18H19N5O. The highest BCUT2D eigenvalue weighted by atomic mass is 16.2. The average molecular weight is 321 g/mol. The largest absolute Gasteiger partial charge is 0.353 e. The van der Waals surface area contributed by atoms with Crippen molar-refractivity contribution in [1.29, 1.82) is 5.26 Å². The van der Waals surface area contributed by atoms with Crippen molar-refractivity contribution in [3.8, 4) is 6.07 Å². The number of hydrogen-bond acceptors (Lipinski definition) is 5. The number of carbonyl (C=O) groups is 1. The zero-order valence-corrected chi connectivity index (χ0v) is 13.6. The maximum Gasteiger partial charge on any atom is 0.272 e. The molecule has 1 aliphatic rings. The number of nitrogens with zero attached hydrogens (tertiary/aromatic N) is 5. The number of amides is 1. The second-order valence-electron chi connectivity index (χ2n) is 5.66. The SMILES string of the molecule is CCc1cccnc1C(=O)N1CCN(c2cc(C#N)ccn2)CC1. The lowest BCUT2D eigenvalue weighted by atomic mass is 10.1. The summed E-state index contributed by atoms with van der Waals surface area (Å²) in [5.41, 5.74) is 2.13. The van der Waals surface area contributed by atoms with Crippen LogP contribution in [0.4, 0.5) is 5.82 Å².